The van der Waals surface area contributed by atoms with E-state index in [0.29, 0.717) is 24.2 Å². The molecule has 4 saturated carbocycles. The van der Waals surface area contributed by atoms with Gasteiger partial charge in [-0.2, -0.15) is 0 Å². The van der Waals surface area contributed by atoms with E-state index in [2.05, 4.69) is 25.7 Å². The average Bonchev–Trinajstić information content (AvgIpc) is 3.37. The second-order valence-corrected chi connectivity index (χ2v) is 13.2. The number of thiophene rings is 1. The molecule has 0 unspecified atom stereocenters. The lowest BCUT2D eigenvalue weighted by Crippen LogP contribution is -2.59. The van der Waals surface area contributed by atoms with Crippen molar-refractivity contribution in [3.05, 3.63) is 22.4 Å². The maximum absolute atomic E-state index is 11.6. The molecule has 4 aliphatic rings. The van der Waals surface area contributed by atoms with Crippen LogP contribution in [0.4, 0.5) is 0 Å². The van der Waals surface area contributed by atoms with Crippen molar-refractivity contribution in [1.82, 2.24) is 0 Å². The third kappa shape index (κ3) is 3.59. The minimum absolute atomic E-state index is 0.117. The Balaban J connectivity index is 1.36. The van der Waals surface area contributed by atoms with Gasteiger partial charge in [-0.3, -0.25) is 0 Å². The van der Waals surface area contributed by atoms with Gasteiger partial charge in [-0.15, -0.1) is 11.3 Å². The molecule has 0 amide bonds. The normalized spacial score (nSPS) is 47.4. The molecule has 4 fully saturated rings. The average molecular weight is 457 g/mol. The molecule has 176 valence electrons. The molecule has 1 aromatic heterocycles. The molecule has 5 rings (SSSR count). The molecule has 0 radical (unpaired) electrons. The van der Waals surface area contributed by atoms with Crippen LogP contribution < -0.4 is 0 Å². The molecule has 10 atom stereocenters. The van der Waals surface area contributed by atoms with E-state index < -0.39 is 5.60 Å². The molecule has 32 heavy (non-hydrogen) atoms. The van der Waals surface area contributed by atoms with Crippen LogP contribution in [0.15, 0.2) is 17.5 Å². The molecule has 1 heterocycles. The minimum Gasteiger partial charge on any atom is -0.393 e. The summed E-state index contributed by atoms with van der Waals surface area (Å²) < 4.78 is 0. The molecule has 0 aromatic carbocycles. The molecule has 4 aliphatic carbocycles. The summed E-state index contributed by atoms with van der Waals surface area (Å²) >= 11 is 1.65. The van der Waals surface area contributed by atoms with Crippen LogP contribution in [0.2, 0.25) is 0 Å². The van der Waals surface area contributed by atoms with Crippen LogP contribution in [0, 0.1) is 52.3 Å². The second-order valence-electron chi connectivity index (χ2n) is 12.2. The fourth-order valence-corrected chi connectivity index (χ4v) is 9.67. The quantitative estimate of drug-likeness (QED) is 0.534. The van der Waals surface area contributed by atoms with E-state index >= 15 is 0 Å². The summed E-state index contributed by atoms with van der Waals surface area (Å²) in [4.78, 5) is 1.06. The summed E-state index contributed by atoms with van der Waals surface area (Å²) in [5.74, 6) is 8.76. The lowest BCUT2D eigenvalue weighted by molar-refractivity contribution is -0.178. The predicted molar refractivity (Wildman–Crippen MR) is 129 cm³/mol. The number of fused-ring (bicyclic) bond motifs is 5. The van der Waals surface area contributed by atoms with Gasteiger partial charge in [0.1, 0.15) is 0 Å². The van der Waals surface area contributed by atoms with Crippen molar-refractivity contribution in [2.75, 3.05) is 0 Å². The molecule has 0 bridgehead atoms. The van der Waals surface area contributed by atoms with Gasteiger partial charge in [0.2, 0.25) is 0 Å². The van der Waals surface area contributed by atoms with E-state index in [4.69, 9.17) is 0 Å². The van der Waals surface area contributed by atoms with Gasteiger partial charge in [-0.25, -0.2) is 0 Å². The Morgan fingerprint density at radius 1 is 1.03 bits per heavy atom. The van der Waals surface area contributed by atoms with Gasteiger partial charge in [-0.05, 0) is 110 Å². The van der Waals surface area contributed by atoms with Gasteiger partial charge >= 0.3 is 0 Å². The van der Waals surface area contributed by atoms with Crippen molar-refractivity contribution in [3.8, 4) is 11.8 Å². The van der Waals surface area contributed by atoms with Gasteiger partial charge in [0.05, 0.1) is 22.7 Å². The van der Waals surface area contributed by atoms with Crippen LogP contribution >= 0.6 is 11.3 Å². The van der Waals surface area contributed by atoms with Crippen molar-refractivity contribution in [1.29, 1.82) is 0 Å². The third-order valence-electron chi connectivity index (χ3n) is 10.6. The van der Waals surface area contributed by atoms with E-state index in [1.54, 1.807) is 11.3 Å². The second kappa shape index (κ2) is 8.12. The van der Waals surface area contributed by atoms with E-state index in [1.165, 1.54) is 12.8 Å². The van der Waals surface area contributed by atoms with Gasteiger partial charge < -0.3 is 15.3 Å². The molecule has 0 aliphatic heterocycles. The van der Waals surface area contributed by atoms with E-state index in [-0.39, 0.29) is 34.9 Å². The van der Waals surface area contributed by atoms with E-state index in [9.17, 15) is 15.3 Å². The van der Waals surface area contributed by atoms with Crippen LogP contribution in [0.3, 0.4) is 0 Å². The highest BCUT2D eigenvalue weighted by molar-refractivity contribution is 7.10. The highest BCUT2D eigenvalue weighted by Gasteiger charge is 2.63. The fourth-order valence-electron chi connectivity index (χ4n) is 9.08. The minimum atomic E-state index is -0.782. The van der Waals surface area contributed by atoms with Crippen molar-refractivity contribution >= 4 is 11.3 Å². The first-order valence-electron chi connectivity index (χ1n) is 12.8. The van der Waals surface area contributed by atoms with Crippen molar-refractivity contribution in [3.63, 3.8) is 0 Å². The Labute approximate surface area is 197 Å². The predicted octanol–water partition coefficient (Wildman–Crippen LogP) is 5.23. The van der Waals surface area contributed by atoms with Crippen LogP contribution in [-0.4, -0.2) is 33.1 Å². The van der Waals surface area contributed by atoms with Crippen LogP contribution in [-0.2, 0) is 0 Å². The first kappa shape index (κ1) is 22.9. The summed E-state index contributed by atoms with van der Waals surface area (Å²) in [5, 5.41) is 35.1. The summed E-state index contributed by atoms with van der Waals surface area (Å²) in [6, 6.07) is 4.05. The Kier molecular flexibility index (Phi) is 5.81. The van der Waals surface area contributed by atoms with Gasteiger partial charge in [0.25, 0.3) is 0 Å². The Bertz CT molecular complexity index is 882. The van der Waals surface area contributed by atoms with Crippen LogP contribution in [0.5, 0.6) is 0 Å². The lowest BCUT2D eigenvalue weighted by Gasteiger charge is -2.62. The van der Waals surface area contributed by atoms with Gasteiger partial charge in [0, 0.05) is 6.42 Å². The van der Waals surface area contributed by atoms with Crippen molar-refractivity contribution in [2.45, 2.75) is 96.4 Å². The maximum Gasteiger partial charge on any atom is 0.0768 e. The molecule has 3 N–H and O–H groups in total. The molecule has 0 saturated heterocycles. The van der Waals surface area contributed by atoms with E-state index in [0.717, 1.165) is 43.4 Å². The molecular formula is C28H40O3S. The lowest BCUT2D eigenvalue weighted by atomic mass is 9.43. The summed E-state index contributed by atoms with van der Waals surface area (Å²) in [7, 11) is 0. The first-order valence-corrected chi connectivity index (χ1v) is 13.6. The highest BCUT2D eigenvalue weighted by atomic mass is 32.1. The zero-order valence-corrected chi connectivity index (χ0v) is 20.7. The monoisotopic (exact) mass is 456 g/mol. The summed E-state index contributed by atoms with van der Waals surface area (Å²) in [6.07, 6.45) is 8.13. The van der Waals surface area contributed by atoms with Gasteiger partial charge in [0.15, 0.2) is 0 Å². The number of rotatable bonds is 2. The molecular weight excluding hydrogens is 416 g/mol. The first-order chi connectivity index (χ1) is 15.1. The standard InChI is InChI=1S/C28H40O3S/c1-26-13-10-18(29)16-23(26)24(30)17-20-21-8-9-25(27(21,2)14-11-22(20)26)28(3,31)12-4-6-19-7-5-15-32-19/h5,7,15,18,20-25,29-31H,8-14,16-17H2,1-3H3/t18-,20-,21-,22-,23+,24-,25-,26+,27-,28-/m0/s1. The molecule has 3 nitrogen and oxygen atoms in total. The molecule has 0 spiro atoms. The Morgan fingerprint density at radius 2 is 1.78 bits per heavy atom. The third-order valence-corrected chi connectivity index (χ3v) is 11.4. The number of aliphatic hydroxyl groups is 3. The topological polar surface area (TPSA) is 60.7 Å². The maximum atomic E-state index is 11.6. The zero-order chi connectivity index (χ0) is 22.7. The van der Waals surface area contributed by atoms with E-state index in [1.807, 2.05) is 24.4 Å². The Hall–Kier alpha value is -0.860. The number of hydrogen-bond donors (Lipinski definition) is 3. The number of hydrogen-bond acceptors (Lipinski definition) is 4. The largest absolute Gasteiger partial charge is 0.393 e. The van der Waals surface area contributed by atoms with Crippen molar-refractivity contribution in [2.24, 2.45) is 40.4 Å². The van der Waals surface area contributed by atoms with Gasteiger partial charge in [-0.1, -0.05) is 31.8 Å². The zero-order valence-electron chi connectivity index (χ0n) is 19.9. The number of aliphatic hydroxyl groups excluding tert-OH is 2. The summed E-state index contributed by atoms with van der Waals surface area (Å²) in [6.45, 7) is 6.85. The Morgan fingerprint density at radius 3 is 2.53 bits per heavy atom. The smallest absolute Gasteiger partial charge is 0.0768 e. The van der Waals surface area contributed by atoms with Crippen LogP contribution in [0.1, 0.15) is 83.4 Å². The molecule has 1 aromatic rings. The highest BCUT2D eigenvalue weighted by Crippen LogP contribution is 2.68. The fraction of sp³-hybridized carbons (Fsp3) is 0.786. The van der Waals surface area contributed by atoms with Crippen molar-refractivity contribution < 1.29 is 15.3 Å². The van der Waals surface area contributed by atoms with Crippen LogP contribution in [0.25, 0.3) is 0 Å². The summed E-state index contributed by atoms with van der Waals surface area (Å²) in [5.41, 5.74) is -0.517. The SMILES string of the molecule is C[C@]12CC[C@H](O)C[C@@H]1[C@@H](O)C[C@@H]1[C@@H]2CC[C@@]2(C)[C@H]1CC[C@@H]2[C@@](C)(O)CC#Cc1cccs1. The molecule has 4 heteroatoms.